The molecule has 0 amide bonds. The highest BCUT2D eigenvalue weighted by Gasteiger charge is 2.15. The maximum absolute atomic E-state index is 5.78. The Morgan fingerprint density at radius 1 is 1.46 bits per heavy atom. The molecule has 0 aliphatic carbocycles. The first-order valence-electron chi connectivity index (χ1n) is 5.23. The number of likely N-dealkylation sites (N-methyl/N-ethyl adjacent to an activating group) is 1. The molecule has 0 radical (unpaired) electrons. The fourth-order valence-electron chi connectivity index (χ4n) is 1.50. The highest BCUT2D eigenvalue weighted by Crippen LogP contribution is 2.10. The van der Waals surface area contributed by atoms with Gasteiger partial charge >= 0.3 is 0 Å². The molecule has 3 heteroatoms. The minimum absolute atomic E-state index is 0.427. The maximum Gasteiger partial charge on any atom is 0.0623 e. The molecule has 1 N–H and O–H groups in total. The molecule has 1 aliphatic heterocycles. The summed E-state index contributed by atoms with van der Waals surface area (Å²) < 4.78 is 11.0. The van der Waals surface area contributed by atoms with E-state index in [1.807, 2.05) is 7.05 Å². The first kappa shape index (κ1) is 11.0. The van der Waals surface area contributed by atoms with Crippen LogP contribution in [0.3, 0.4) is 0 Å². The van der Waals surface area contributed by atoms with E-state index < -0.39 is 0 Å². The molecule has 0 aromatic carbocycles. The van der Waals surface area contributed by atoms with Crippen LogP contribution < -0.4 is 5.32 Å². The first-order chi connectivity index (χ1) is 6.36. The average Bonchev–Trinajstić information content (AvgIpc) is 2.21. The van der Waals surface area contributed by atoms with Crippen molar-refractivity contribution >= 4 is 0 Å². The number of nitrogens with one attached hydrogen (secondary N) is 1. The lowest BCUT2D eigenvalue weighted by atomic mass is 10.1. The van der Waals surface area contributed by atoms with Crippen molar-refractivity contribution < 1.29 is 9.47 Å². The van der Waals surface area contributed by atoms with Crippen molar-refractivity contribution in [1.82, 2.24) is 5.32 Å². The predicted molar refractivity (Wildman–Crippen MR) is 52.9 cm³/mol. The number of rotatable bonds is 5. The van der Waals surface area contributed by atoms with Crippen LogP contribution in [-0.4, -0.2) is 39.0 Å². The van der Waals surface area contributed by atoms with Crippen molar-refractivity contribution in [3.8, 4) is 0 Å². The van der Waals surface area contributed by atoms with Crippen molar-refractivity contribution in [2.24, 2.45) is 0 Å². The molecule has 1 heterocycles. The molecule has 1 fully saturated rings. The molecule has 13 heavy (non-hydrogen) atoms. The Morgan fingerprint density at radius 3 is 2.69 bits per heavy atom. The quantitative estimate of drug-likeness (QED) is 0.701. The van der Waals surface area contributed by atoms with Crippen LogP contribution in [0.4, 0.5) is 0 Å². The molecule has 1 saturated heterocycles. The summed E-state index contributed by atoms with van der Waals surface area (Å²) in [5, 5.41) is 3.24. The van der Waals surface area contributed by atoms with Gasteiger partial charge in [-0.2, -0.15) is 0 Å². The fourth-order valence-corrected chi connectivity index (χ4v) is 1.50. The van der Waals surface area contributed by atoms with Gasteiger partial charge in [0.15, 0.2) is 0 Å². The normalized spacial score (nSPS) is 21.7. The van der Waals surface area contributed by atoms with Crippen LogP contribution in [0.15, 0.2) is 0 Å². The Kier molecular flexibility index (Phi) is 5.35. The minimum atomic E-state index is 0.427. The molecular formula is C10H21NO2. The van der Waals surface area contributed by atoms with Crippen molar-refractivity contribution in [3.63, 3.8) is 0 Å². The van der Waals surface area contributed by atoms with E-state index in [0.717, 1.165) is 39.1 Å². The average molecular weight is 187 g/mol. The molecule has 1 atom stereocenters. The highest BCUT2D eigenvalue weighted by molar-refractivity contribution is 4.66. The van der Waals surface area contributed by atoms with Gasteiger partial charge in [-0.05, 0) is 26.3 Å². The molecule has 0 spiro atoms. The molecule has 0 aromatic heterocycles. The Balaban J connectivity index is 2.09. The zero-order chi connectivity index (χ0) is 9.52. The lowest BCUT2D eigenvalue weighted by molar-refractivity contribution is -0.0378. The third-order valence-electron chi connectivity index (χ3n) is 2.60. The van der Waals surface area contributed by atoms with Gasteiger partial charge in [-0.25, -0.2) is 0 Å². The van der Waals surface area contributed by atoms with Crippen LogP contribution in [-0.2, 0) is 9.47 Å². The third-order valence-corrected chi connectivity index (χ3v) is 2.60. The summed E-state index contributed by atoms with van der Waals surface area (Å²) in [4.78, 5) is 0. The smallest absolute Gasteiger partial charge is 0.0623 e. The summed E-state index contributed by atoms with van der Waals surface area (Å²) >= 11 is 0. The molecule has 0 saturated carbocycles. The van der Waals surface area contributed by atoms with E-state index >= 15 is 0 Å². The molecule has 0 bridgehead atoms. The van der Waals surface area contributed by atoms with Crippen LogP contribution in [0, 0.1) is 0 Å². The number of ether oxygens (including phenoxy) is 2. The van der Waals surface area contributed by atoms with E-state index in [2.05, 4.69) is 12.2 Å². The highest BCUT2D eigenvalue weighted by atomic mass is 16.5. The SMILES string of the molecule is CCC(COC1CCOCC1)NC. The van der Waals surface area contributed by atoms with Crippen molar-refractivity contribution in [1.29, 1.82) is 0 Å². The first-order valence-corrected chi connectivity index (χ1v) is 5.23. The molecule has 78 valence electrons. The van der Waals surface area contributed by atoms with Gasteiger partial charge in [0.1, 0.15) is 0 Å². The Hall–Kier alpha value is -0.120. The molecule has 1 unspecified atom stereocenters. The molecule has 1 rings (SSSR count). The summed E-state index contributed by atoms with van der Waals surface area (Å²) in [5.41, 5.74) is 0. The van der Waals surface area contributed by atoms with Crippen molar-refractivity contribution in [3.05, 3.63) is 0 Å². The third kappa shape index (κ3) is 4.07. The van der Waals surface area contributed by atoms with Gasteiger partial charge in [-0.15, -0.1) is 0 Å². The van der Waals surface area contributed by atoms with Crippen molar-refractivity contribution in [2.75, 3.05) is 26.9 Å². The topological polar surface area (TPSA) is 30.5 Å². The molecule has 0 aromatic rings. The maximum atomic E-state index is 5.78. The summed E-state index contributed by atoms with van der Waals surface area (Å²) in [5.74, 6) is 0. The largest absolute Gasteiger partial charge is 0.381 e. The monoisotopic (exact) mass is 187 g/mol. The fraction of sp³-hybridized carbons (Fsp3) is 1.00. The van der Waals surface area contributed by atoms with E-state index in [0.29, 0.717) is 12.1 Å². The second-order valence-electron chi connectivity index (χ2n) is 3.54. The minimum Gasteiger partial charge on any atom is -0.381 e. The van der Waals surface area contributed by atoms with E-state index in [1.54, 1.807) is 0 Å². The van der Waals surface area contributed by atoms with E-state index in [1.165, 1.54) is 0 Å². The second-order valence-corrected chi connectivity index (χ2v) is 3.54. The van der Waals surface area contributed by atoms with E-state index in [9.17, 15) is 0 Å². The number of hydrogen-bond donors (Lipinski definition) is 1. The Bertz CT molecular complexity index is 120. The van der Waals surface area contributed by atoms with E-state index in [4.69, 9.17) is 9.47 Å². The van der Waals surface area contributed by atoms with Crippen LogP contribution in [0.25, 0.3) is 0 Å². The van der Waals surface area contributed by atoms with Gasteiger partial charge in [0, 0.05) is 19.3 Å². The molecule has 1 aliphatic rings. The van der Waals surface area contributed by atoms with Gasteiger partial charge in [-0.1, -0.05) is 6.92 Å². The summed E-state index contributed by atoms with van der Waals surface area (Å²) in [6, 6.07) is 0.503. The summed E-state index contributed by atoms with van der Waals surface area (Å²) in [6.07, 6.45) is 3.66. The van der Waals surface area contributed by atoms with Gasteiger partial charge in [0.25, 0.3) is 0 Å². The Labute approximate surface area is 80.8 Å². The number of hydrogen-bond acceptors (Lipinski definition) is 3. The summed E-state index contributed by atoms with van der Waals surface area (Å²) in [6.45, 7) is 4.73. The van der Waals surface area contributed by atoms with Crippen LogP contribution in [0.1, 0.15) is 26.2 Å². The molecular weight excluding hydrogens is 166 g/mol. The van der Waals surface area contributed by atoms with Gasteiger partial charge in [0.05, 0.1) is 12.7 Å². The van der Waals surface area contributed by atoms with Gasteiger partial charge in [-0.3, -0.25) is 0 Å². The van der Waals surface area contributed by atoms with Crippen LogP contribution in [0.2, 0.25) is 0 Å². The van der Waals surface area contributed by atoms with Crippen LogP contribution in [0.5, 0.6) is 0 Å². The van der Waals surface area contributed by atoms with Crippen LogP contribution >= 0.6 is 0 Å². The van der Waals surface area contributed by atoms with Gasteiger partial charge in [0.2, 0.25) is 0 Å². The summed E-state index contributed by atoms with van der Waals surface area (Å²) in [7, 11) is 1.99. The lowest BCUT2D eigenvalue weighted by Gasteiger charge is -2.24. The Morgan fingerprint density at radius 2 is 2.15 bits per heavy atom. The zero-order valence-electron chi connectivity index (χ0n) is 8.71. The predicted octanol–water partition coefficient (Wildman–Crippen LogP) is 1.18. The van der Waals surface area contributed by atoms with Crippen molar-refractivity contribution in [2.45, 2.75) is 38.3 Å². The molecule has 3 nitrogen and oxygen atoms in total. The standard InChI is InChI=1S/C10H21NO2/c1-3-9(11-2)8-13-10-4-6-12-7-5-10/h9-11H,3-8H2,1-2H3. The van der Waals surface area contributed by atoms with Gasteiger partial charge < -0.3 is 14.8 Å². The zero-order valence-corrected chi connectivity index (χ0v) is 8.71. The van der Waals surface area contributed by atoms with E-state index in [-0.39, 0.29) is 0 Å². The lowest BCUT2D eigenvalue weighted by Crippen LogP contribution is -2.33. The second kappa shape index (κ2) is 6.35.